The molecule has 48 heavy (non-hydrogen) atoms. The van der Waals surface area contributed by atoms with Crippen molar-refractivity contribution in [2.75, 3.05) is 40.3 Å². The summed E-state index contributed by atoms with van der Waals surface area (Å²) in [5.41, 5.74) is 18.4. The zero-order chi connectivity index (χ0) is 33.0. The van der Waals surface area contributed by atoms with E-state index < -0.39 is 0 Å². The number of nitrogens with two attached hydrogens (primary N) is 2. The Bertz CT molecular complexity index is 2030. The van der Waals surface area contributed by atoms with E-state index in [-0.39, 0.29) is 0 Å². The second-order valence-corrected chi connectivity index (χ2v) is 14.9. The van der Waals surface area contributed by atoms with Gasteiger partial charge in [-0.25, -0.2) is 9.98 Å². The number of amidine groups is 2. The summed E-state index contributed by atoms with van der Waals surface area (Å²) in [5.74, 6) is 1.61. The molecule has 0 amide bonds. The van der Waals surface area contributed by atoms with Crippen LogP contribution in [-0.2, 0) is 13.1 Å². The van der Waals surface area contributed by atoms with Gasteiger partial charge in [0.25, 0.3) is 0 Å². The standard InChI is InChI=1S/C38H44N8S2/c1-43(2)14-5-16-46-20-13-31-32(23-30(25-34(31)46)42-38(40)36-8-4-22-48-36)28-11-18-44(26-28)15-6-17-45-19-12-27-9-10-29(24-33(27)45)41-37(39)35-7-3-21-47-35/h3-4,7-10,12-13,19-25,28H,5-6,11,14-18,26H2,1-2H3,(H2,39,41)(H2,40,42). The Morgan fingerprint density at radius 2 is 1.48 bits per heavy atom. The van der Waals surface area contributed by atoms with Crippen molar-refractivity contribution >= 4 is 67.5 Å². The van der Waals surface area contributed by atoms with Crippen molar-refractivity contribution in [2.24, 2.45) is 21.5 Å². The maximum atomic E-state index is 6.47. The lowest BCUT2D eigenvalue weighted by atomic mass is 9.94. The van der Waals surface area contributed by atoms with Crippen LogP contribution in [0.4, 0.5) is 11.4 Å². The van der Waals surface area contributed by atoms with E-state index in [4.69, 9.17) is 21.5 Å². The van der Waals surface area contributed by atoms with Crippen molar-refractivity contribution in [3.63, 3.8) is 0 Å². The minimum Gasteiger partial charge on any atom is -0.383 e. The Morgan fingerprint density at radius 3 is 2.21 bits per heavy atom. The molecule has 1 aliphatic heterocycles. The molecule has 7 rings (SSSR count). The molecule has 1 fully saturated rings. The van der Waals surface area contributed by atoms with E-state index in [9.17, 15) is 0 Å². The molecule has 6 aromatic rings. The number of hydrogen-bond acceptors (Lipinski definition) is 6. The Balaban J connectivity index is 1.05. The first-order valence-corrected chi connectivity index (χ1v) is 18.5. The highest BCUT2D eigenvalue weighted by molar-refractivity contribution is 7.12. The van der Waals surface area contributed by atoms with Crippen LogP contribution >= 0.6 is 22.7 Å². The number of aromatic nitrogens is 2. The molecule has 0 radical (unpaired) electrons. The van der Waals surface area contributed by atoms with Crippen LogP contribution in [-0.4, -0.2) is 70.9 Å². The van der Waals surface area contributed by atoms with Gasteiger partial charge in [0.1, 0.15) is 11.7 Å². The molecule has 0 spiro atoms. The van der Waals surface area contributed by atoms with Gasteiger partial charge in [-0.05, 0) is 129 Å². The highest BCUT2D eigenvalue weighted by Crippen LogP contribution is 2.37. The summed E-state index contributed by atoms with van der Waals surface area (Å²) in [7, 11) is 4.27. The van der Waals surface area contributed by atoms with E-state index in [1.807, 2.05) is 41.1 Å². The van der Waals surface area contributed by atoms with Crippen LogP contribution in [0.1, 0.15) is 40.5 Å². The minimum atomic E-state index is 0.463. The summed E-state index contributed by atoms with van der Waals surface area (Å²) in [5, 5.41) is 6.64. The predicted octanol–water partition coefficient (Wildman–Crippen LogP) is 7.62. The van der Waals surface area contributed by atoms with Crippen LogP contribution in [0.5, 0.6) is 0 Å². The molecule has 0 saturated carbocycles. The number of nitrogens with zero attached hydrogens (tertiary/aromatic N) is 6. The number of fused-ring (bicyclic) bond motifs is 2. The molecule has 4 N–H and O–H groups in total. The van der Waals surface area contributed by atoms with E-state index in [2.05, 4.69) is 81.8 Å². The van der Waals surface area contributed by atoms with E-state index in [0.717, 1.165) is 79.7 Å². The first-order valence-electron chi connectivity index (χ1n) is 16.8. The van der Waals surface area contributed by atoms with Crippen molar-refractivity contribution in [3.05, 3.63) is 105 Å². The van der Waals surface area contributed by atoms with Crippen LogP contribution in [0, 0.1) is 0 Å². The molecule has 5 heterocycles. The van der Waals surface area contributed by atoms with Gasteiger partial charge in [0.05, 0.1) is 32.2 Å². The SMILES string of the molecule is CN(C)CCCn1ccc2c(C3CCN(CCCn4ccc5ccc(N=C(N)c6cccs6)cc54)C3)cc(N=C(N)c3cccs3)cc21. The molecule has 2 aromatic carbocycles. The molecule has 0 bridgehead atoms. The predicted molar refractivity (Wildman–Crippen MR) is 205 cm³/mol. The lowest BCUT2D eigenvalue weighted by Gasteiger charge is -2.18. The zero-order valence-corrected chi connectivity index (χ0v) is 29.4. The topological polar surface area (TPSA) is 93.1 Å². The number of aryl methyl sites for hydroxylation is 2. The second kappa shape index (κ2) is 14.5. The van der Waals surface area contributed by atoms with Gasteiger partial charge in [0.15, 0.2) is 0 Å². The molecule has 1 aliphatic rings. The Labute approximate surface area is 290 Å². The van der Waals surface area contributed by atoms with Crippen LogP contribution in [0.3, 0.4) is 0 Å². The fourth-order valence-electron chi connectivity index (χ4n) is 6.89. The monoisotopic (exact) mass is 676 g/mol. The van der Waals surface area contributed by atoms with Gasteiger partial charge >= 0.3 is 0 Å². The fourth-order valence-corrected chi connectivity index (χ4v) is 8.15. The van der Waals surface area contributed by atoms with Gasteiger partial charge in [-0.2, -0.15) is 0 Å². The molecule has 248 valence electrons. The lowest BCUT2D eigenvalue weighted by molar-refractivity contribution is 0.322. The van der Waals surface area contributed by atoms with Crippen LogP contribution in [0.2, 0.25) is 0 Å². The summed E-state index contributed by atoms with van der Waals surface area (Å²) >= 11 is 3.24. The van der Waals surface area contributed by atoms with Gasteiger partial charge in [-0.15, -0.1) is 22.7 Å². The minimum absolute atomic E-state index is 0.463. The zero-order valence-electron chi connectivity index (χ0n) is 27.8. The summed E-state index contributed by atoms with van der Waals surface area (Å²) in [6.07, 6.45) is 7.78. The highest BCUT2D eigenvalue weighted by Gasteiger charge is 2.26. The van der Waals surface area contributed by atoms with Crippen molar-refractivity contribution in [1.82, 2.24) is 18.9 Å². The third-order valence-corrected chi connectivity index (χ3v) is 11.1. The molecule has 8 nitrogen and oxygen atoms in total. The summed E-state index contributed by atoms with van der Waals surface area (Å²) in [4.78, 5) is 16.5. The Hall–Kier alpha value is -4.22. The normalized spacial score (nSPS) is 16.3. The number of likely N-dealkylation sites (tertiary alicyclic amines) is 1. The molecule has 1 saturated heterocycles. The fraction of sp³-hybridized carbons (Fsp3) is 0.316. The first kappa shape index (κ1) is 32.3. The summed E-state index contributed by atoms with van der Waals surface area (Å²) < 4.78 is 4.75. The molecule has 1 unspecified atom stereocenters. The maximum absolute atomic E-state index is 6.47. The summed E-state index contributed by atoms with van der Waals surface area (Å²) in [6, 6.07) is 23.4. The molecule has 1 atom stereocenters. The van der Waals surface area contributed by atoms with Crippen molar-refractivity contribution in [1.29, 1.82) is 0 Å². The molecular weight excluding hydrogens is 633 g/mol. The number of benzene rings is 2. The maximum Gasteiger partial charge on any atom is 0.141 e. The number of thiophene rings is 2. The molecule has 4 aromatic heterocycles. The smallest absolute Gasteiger partial charge is 0.141 e. The summed E-state index contributed by atoms with van der Waals surface area (Å²) in [6.45, 7) is 6.23. The second-order valence-electron chi connectivity index (χ2n) is 13.0. The van der Waals surface area contributed by atoms with Crippen LogP contribution in [0.15, 0.2) is 99.9 Å². The third-order valence-electron chi connectivity index (χ3n) is 9.30. The van der Waals surface area contributed by atoms with Crippen molar-refractivity contribution in [2.45, 2.75) is 38.3 Å². The third kappa shape index (κ3) is 7.27. The van der Waals surface area contributed by atoms with Gasteiger partial charge in [0.2, 0.25) is 0 Å². The molecular formula is C38H44N8S2. The van der Waals surface area contributed by atoms with E-state index in [1.54, 1.807) is 22.7 Å². The van der Waals surface area contributed by atoms with Crippen LogP contribution in [0.25, 0.3) is 21.8 Å². The quantitative estimate of drug-likeness (QED) is 0.0973. The number of rotatable bonds is 13. The van der Waals surface area contributed by atoms with Crippen LogP contribution < -0.4 is 11.5 Å². The van der Waals surface area contributed by atoms with E-state index in [0.29, 0.717) is 17.6 Å². The highest BCUT2D eigenvalue weighted by atomic mass is 32.1. The first-order chi connectivity index (χ1) is 23.4. The molecule has 0 aliphatic carbocycles. The van der Waals surface area contributed by atoms with E-state index >= 15 is 0 Å². The largest absolute Gasteiger partial charge is 0.383 e. The van der Waals surface area contributed by atoms with Gasteiger partial charge in [0, 0.05) is 37.4 Å². The number of hydrogen-bond donors (Lipinski definition) is 2. The van der Waals surface area contributed by atoms with Crippen molar-refractivity contribution < 1.29 is 0 Å². The van der Waals surface area contributed by atoms with E-state index in [1.165, 1.54) is 27.4 Å². The number of aliphatic imine (C=N–C) groups is 2. The van der Waals surface area contributed by atoms with Gasteiger partial charge in [-0.1, -0.05) is 18.2 Å². The van der Waals surface area contributed by atoms with Crippen molar-refractivity contribution in [3.8, 4) is 0 Å². The lowest BCUT2D eigenvalue weighted by Crippen LogP contribution is -2.22. The Kier molecular flexibility index (Phi) is 9.76. The molecule has 10 heteroatoms. The van der Waals surface area contributed by atoms with Gasteiger partial charge in [-0.3, -0.25) is 0 Å². The average Bonchev–Trinajstić information content (AvgIpc) is 3.92. The average molecular weight is 677 g/mol. The Morgan fingerprint density at radius 1 is 0.792 bits per heavy atom. The van der Waals surface area contributed by atoms with Gasteiger partial charge < -0.3 is 30.4 Å².